The number of hydrazine groups is 1. The highest BCUT2D eigenvalue weighted by atomic mass is 35.5. The van der Waals surface area contributed by atoms with Gasteiger partial charge in [-0.05, 0) is 13.0 Å². The Morgan fingerprint density at radius 1 is 1.67 bits per heavy atom. The van der Waals surface area contributed by atoms with Gasteiger partial charge >= 0.3 is 0 Å². The minimum atomic E-state index is 0.256. The number of rotatable bonds is 0. The lowest BCUT2D eigenvalue weighted by atomic mass is 10.1. The summed E-state index contributed by atoms with van der Waals surface area (Å²) in [5, 5.41) is 2.68. The van der Waals surface area contributed by atoms with E-state index in [1.165, 1.54) is 0 Å². The number of fused-ring (bicyclic) bond motifs is 1. The molecule has 12 heavy (non-hydrogen) atoms. The summed E-state index contributed by atoms with van der Waals surface area (Å²) >= 11 is 6.02. The molecule has 1 aromatic heterocycles. The lowest BCUT2D eigenvalue weighted by Gasteiger charge is -2.10. The van der Waals surface area contributed by atoms with Crippen molar-refractivity contribution in [3.63, 3.8) is 0 Å². The number of halogens is 1. The van der Waals surface area contributed by atoms with Crippen LogP contribution in [-0.4, -0.2) is 12.0 Å². The quantitative estimate of drug-likeness (QED) is 0.664. The van der Waals surface area contributed by atoms with Crippen LogP contribution in [-0.2, 0) is 0 Å². The molecule has 1 aromatic rings. The minimum Gasteiger partial charge on any atom is -0.294 e. The van der Waals surface area contributed by atoms with E-state index in [-0.39, 0.29) is 6.04 Å². The molecule has 1 aliphatic heterocycles. The molecule has 2 heterocycles. The fraction of sp³-hybridized carbons (Fsp3) is 0.375. The van der Waals surface area contributed by atoms with Crippen LogP contribution in [0.5, 0.6) is 0 Å². The number of anilines is 1. The van der Waals surface area contributed by atoms with Gasteiger partial charge in [-0.15, -0.1) is 0 Å². The van der Waals surface area contributed by atoms with Crippen molar-refractivity contribution in [1.82, 2.24) is 10.4 Å². The number of aromatic nitrogens is 1. The Morgan fingerprint density at radius 3 is 3.08 bits per heavy atom. The van der Waals surface area contributed by atoms with E-state index in [0.29, 0.717) is 0 Å². The number of nitrogens with zero attached hydrogens (tertiary/aromatic N) is 2. The van der Waals surface area contributed by atoms with Gasteiger partial charge in [0, 0.05) is 18.8 Å². The molecule has 0 fully saturated rings. The van der Waals surface area contributed by atoms with Crippen molar-refractivity contribution in [3.05, 3.63) is 22.8 Å². The molecule has 1 N–H and O–H groups in total. The van der Waals surface area contributed by atoms with Crippen LogP contribution in [0.15, 0.2) is 12.3 Å². The van der Waals surface area contributed by atoms with Gasteiger partial charge in [0.25, 0.3) is 0 Å². The van der Waals surface area contributed by atoms with Gasteiger partial charge in [-0.2, -0.15) is 0 Å². The number of nitrogens with one attached hydrogen (secondary N) is 1. The van der Waals surface area contributed by atoms with Crippen LogP contribution in [0.2, 0.25) is 5.02 Å². The molecule has 1 aliphatic rings. The van der Waals surface area contributed by atoms with Crippen molar-refractivity contribution in [3.8, 4) is 0 Å². The van der Waals surface area contributed by atoms with Crippen molar-refractivity contribution in [1.29, 1.82) is 0 Å². The third-order valence-electron chi connectivity index (χ3n) is 2.05. The van der Waals surface area contributed by atoms with Gasteiger partial charge in [-0.3, -0.25) is 5.01 Å². The Bertz CT molecular complexity index is 313. The molecule has 0 bridgehead atoms. The van der Waals surface area contributed by atoms with Crippen LogP contribution >= 0.6 is 11.6 Å². The van der Waals surface area contributed by atoms with Gasteiger partial charge in [0.15, 0.2) is 0 Å². The molecule has 0 radical (unpaired) electrons. The summed E-state index contributed by atoms with van der Waals surface area (Å²) in [6.45, 7) is 2.07. The lowest BCUT2D eigenvalue weighted by molar-refractivity contribution is 0.615. The van der Waals surface area contributed by atoms with Gasteiger partial charge in [-0.25, -0.2) is 10.4 Å². The van der Waals surface area contributed by atoms with Gasteiger partial charge in [-0.1, -0.05) is 11.6 Å². The highest BCUT2D eigenvalue weighted by molar-refractivity contribution is 6.31. The van der Waals surface area contributed by atoms with Gasteiger partial charge < -0.3 is 0 Å². The smallest absolute Gasteiger partial charge is 0.148 e. The average molecular weight is 184 g/mol. The maximum Gasteiger partial charge on any atom is 0.148 e. The second-order valence-electron chi connectivity index (χ2n) is 2.94. The second kappa shape index (κ2) is 2.61. The SMILES string of the molecule is CC1NN(C)c2nccc(Cl)c21. The molecular formula is C8H10ClN3. The highest BCUT2D eigenvalue weighted by Crippen LogP contribution is 2.34. The van der Waals surface area contributed by atoms with E-state index in [0.717, 1.165) is 16.4 Å². The standard InChI is InChI=1S/C8H10ClN3/c1-5-7-6(9)3-4-10-8(7)12(2)11-5/h3-5,11H,1-2H3. The Labute approximate surface area is 76.3 Å². The molecule has 3 nitrogen and oxygen atoms in total. The van der Waals surface area contributed by atoms with Gasteiger partial charge in [0.05, 0.1) is 11.1 Å². The molecule has 0 amide bonds. The maximum absolute atomic E-state index is 6.02. The minimum absolute atomic E-state index is 0.256. The van der Waals surface area contributed by atoms with Crippen LogP contribution in [0.1, 0.15) is 18.5 Å². The van der Waals surface area contributed by atoms with Crippen molar-refractivity contribution in [2.24, 2.45) is 0 Å². The zero-order chi connectivity index (χ0) is 8.72. The summed E-state index contributed by atoms with van der Waals surface area (Å²) in [6, 6.07) is 2.07. The first-order valence-corrected chi connectivity index (χ1v) is 4.22. The van der Waals surface area contributed by atoms with E-state index in [2.05, 4.69) is 17.3 Å². The second-order valence-corrected chi connectivity index (χ2v) is 3.35. The molecule has 2 rings (SSSR count). The highest BCUT2D eigenvalue weighted by Gasteiger charge is 2.25. The number of hydrogen-bond donors (Lipinski definition) is 1. The van der Waals surface area contributed by atoms with Crippen molar-refractivity contribution in [2.75, 3.05) is 12.1 Å². The molecule has 1 atom stereocenters. The molecule has 0 saturated heterocycles. The van der Waals surface area contributed by atoms with Crippen LogP contribution < -0.4 is 10.4 Å². The Morgan fingerprint density at radius 2 is 2.42 bits per heavy atom. The Kier molecular flexibility index (Phi) is 1.70. The van der Waals surface area contributed by atoms with E-state index in [1.807, 2.05) is 18.1 Å². The van der Waals surface area contributed by atoms with E-state index in [9.17, 15) is 0 Å². The van der Waals surface area contributed by atoms with E-state index < -0.39 is 0 Å². The summed E-state index contributed by atoms with van der Waals surface area (Å²) in [5.74, 6) is 0.926. The largest absolute Gasteiger partial charge is 0.294 e. The first-order valence-electron chi connectivity index (χ1n) is 3.84. The zero-order valence-electron chi connectivity index (χ0n) is 7.00. The first kappa shape index (κ1) is 7.83. The molecule has 0 spiro atoms. The van der Waals surface area contributed by atoms with Crippen LogP contribution in [0, 0.1) is 0 Å². The van der Waals surface area contributed by atoms with Crippen molar-refractivity contribution >= 4 is 17.4 Å². The van der Waals surface area contributed by atoms with Gasteiger partial charge in [0.2, 0.25) is 0 Å². The van der Waals surface area contributed by atoms with Crippen molar-refractivity contribution in [2.45, 2.75) is 13.0 Å². The molecule has 0 aromatic carbocycles. The summed E-state index contributed by atoms with van der Waals surface area (Å²) in [7, 11) is 1.94. The first-order chi connectivity index (χ1) is 5.70. The normalized spacial score (nSPS) is 21.2. The zero-order valence-corrected chi connectivity index (χ0v) is 7.76. The molecule has 64 valence electrons. The van der Waals surface area contributed by atoms with E-state index >= 15 is 0 Å². The monoisotopic (exact) mass is 183 g/mol. The van der Waals surface area contributed by atoms with Gasteiger partial charge in [0.1, 0.15) is 5.82 Å². The summed E-state index contributed by atoms with van der Waals surface area (Å²) in [5.41, 5.74) is 4.29. The fourth-order valence-corrected chi connectivity index (χ4v) is 1.83. The molecule has 0 aliphatic carbocycles. The predicted molar refractivity (Wildman–Crippen MR) is 49.2 cm³/mol. The van der Waals surface area contributed by atoms with E-state index in [4.69, 9.17) is 11.6 Å². The molecule has 4 heteroatoms. The fourth-order valence-electron chi connectivity index (χ4n) is 1.52. The van der Waals surface area contributed by atoms with Crippen LogP contribution in [0.4, 0.5) is 5.82 Å². The van der Waals surface area contributed by atoms with Crippen LogP contribution in [0.25, 0.3) is 0 Å². The van der Waals surface area contributed by atoms with Crippen molar-refractivity contribution < 1.29 is 0 Å². The molecule has 0 saturated carbocycles. The third-order valence-corrected chi connectivity index (χ3v) is 2.38. The number of pyridine rings is 1. The molecule has 1 unspecified atom stereocenters. The summed E-state index contributed by atoms with van der Waals surface area (Å²) < 4.78 is 0. The number of hydrogen-bond acceptors (Lipinski definition) is 3. The topological polar surface area (TPSA) is 28.2 Å². The third kappa shape index (κ3) is 0.974. The molecular weight excluding hydrogens is 174 g/mol. The Balaban J connectivity index is 2.59. The maximum atomic E-state index is 6.02. The summed E-state index contributed by atoms with van der Waals surface area (Å²) in [4.78, 5) is 4.23. The summed E-state index contributed by atoms with van der Waals surface area (Å²) in [6.07, 6.45) is 1.72. The Hall–Kier alpha value is -0.800. The van der Waals surface area contributed by atoms with Crippen LogP contribution in [0.3, 0.4) is 0 Å². The average Bonchev–Trinajstić information content (AvgIpc) is 2.29. The van der Waals surface area contributed by atoms with E-state index in [1.54, 1.807) is 6.20 Å². The predicted octanol–water partition coefficient (Wildman–Crippen LogP) is 1.75. The lowest BCUT2D eigenvalue weighted by Crippen LogP contribution is -2.29.